The maximum Gasteiger partial charge on any atom is 0.240 e. The smallest absolute Gasteiger partial charge is 0.240 e. The van der Waals surface area contributed by atoms with Crippen molar-refractivity contribution in [2.75, 3.05) is 18.5 Å². The normalized spacial score (nSPS) is 10.8. The molecule has 7 nitrogen and oxygen atoms in total. The van der Waals surface area contributed by atoms with Crippen molar-refractivity contribution in [2.24, 2.45) is 0 Å². The Balaban J connectivity index is 1.81. The highest BCUT2D eigenvalue weighted by molar-refractivity contribution is 9.10. The van der Waals surface area contributed by atoms with Crippen molar-refractivity contribution in [3.05, 3.63) is 53.0 Å². The van der Waals surface area contributed by atoms with Crippen LogP contribution < -0.4 is 14.8 Å². The minimum Gasteiger partial charge on any atom is -0.479 e. The fourth-order valence-corrected chi connectivity index (χ4v) is 3.27. The number of rotatable bonds is 8. The molecule has 26 heavy (non-hydrogen) atoms. The van der Waals surface area contributed by atoms with Crippen LogP contribution in [-0.2, 0) is 14.8 Å². The highest BCUT2D eigenvalue weighted by Gasteiger charge is 2.14. The van der Waals surface area contributed by atoms with Crippen molar-refractivity contribution >= 4 is 37.5 Å². The van der Waals surface area contributed by atoms with E-state index in [9.17, 15) is 13.2 Å². The van der Waals surface area contributed by atoms with Gasteiger partial charge < -0.3 is 10.1 Å². The van der Waals surface area contributed by atoms with Crippen molar-refractivity contribution < 1.29 is 17.9 Å². The molecule has 2 aromatic rings. The molecule has 0 bridgehead atoms. The molecular formula is C17H16BrN3O4S. The molecule has 0 unspecified atom stereocenters. The summed E-state index contributed by atoms with van der Waals surface area (Å²) in [5, 5.41) is 11.1. The lowest BCUT2D eigenvalue weighted by Gasteiger charge is -2.08. The summed E-state index contributed by atoms with van der Waals surface area (Å²) in [5.41, 5.74) is 0.551. The van der Waals surface area contributed by atoms with Gasteiger partial charge in [-0.2, -0.15) is 5.26 Å². The Labute approximate surface area is 160 Å². The van der Waals surface area contributed by atoms with Gasteiger partial charge in [0.05, 0.1) is 4.90 Å². The monoisotopic (exact) mass is 437 g/mol. The minimum absolute atomic E-state index is 0.0115. The van der Waals surface area contributed by atoms with Gasteiger partial charge in [0, 0.05) is 23.1 Å². The zero-order chi connectivity index (χ0) is 19.0. The molecule has 2 rings (SSSR count). The van der Waals surface area contributed by atoms with E-state index in [-0.39, 0.29) is 30.4 Å². The number of ether oxygens (including phenoxy) is 1. The summed E-state index contributed by atoms with van der Waals surface area (Å²) >= 11 is 3.24. The highest BCUT2D eigenvalue weighted by atomic mass is 79.9. The van der Waals surface area contributed by atoms with E-state index in [4.69, 9.17) is 10.00 Å². The molecule has 2 N–H and O–H groups in total. The lowest BCUT2D eigenvalue weighted by molar-refractivity contribution is -0.116. The van der Waals surface area contributed by atoms with Gasteiger partial charge in [0.15, 0.2) is 6.61 Å². The van der Waals surface area contributed by atoms with Crippen molar-refractivity contribution in [1.29, 1.82) is 5.26 Å². The Morgan fingerprint density at radius 2 is 1.77 bits per heavy atom. The maximum atomic E-state index is 12.1. The fraction of sp³-hybridized carbons (Fsp3) is 0.176. The molecule has 0 heterocycles. The lowest BCUT2D eigenvalue weighted by Crippen LogP contribution is -2.27. The average Bonchev–Trinajstić information content (AvgIpc) is 2.61. The molecule has 0 radical (unpaired) electrons. The van der Waals surface area contributed by atoms with Crippen molar-refractivity contribution in [1.82, 2.24) is 4.72 Å². The van der Waals surface area contributed by atoms with Crippen molar-refractivity contribution in [3.8, 4) is 11.8 Å². The van der Waals surface area contributed by atoms with E-state index < -0.39 is 10.0 Å². The number of sulfonamides is 1. The molecule has 1 amide bonds. The Morgan fingerprint density at radius 1 is 1.12 bits per heavy atom. The largest absolute Gasteiger partial charge is 0.479 e. The van der Waals surface area contributed by atoms with Crippen LogP contribution in [0.4, 0.5) is 5.69 Å². The van der Waals surface area contributed by atoms with Gasteiger partial charge in [-0.05, 0) is 48.5 Å². The fourth-order valence-electron chi connectivity index (χ4n) is 1.97. The van der Waals surface area contributed by atoms with Crippen LogP contribution in [0.3, 0.4) is 0 Å². The molecule has 9 heteroatoms. The molecule has 0 saturated heterocycles. The third kappa shape index (κ3) is 6.15. The highest BCUT2D eigenvalue weighted by Crippen LogP contribution is 2.16. The summed E-state index contributed by atoms with van der Waals surface area (Å²) in [6.45, 7) is -0.0716. The molecule has 0 saturated carbocycles. The predicted molar refractivity (Wildman–Crippen MR) is 100 cm³/mol. The summed E-state index contributed by atoms with van der Waals surface area (Å²) < 4.78 is 32.5. The van der Waals surface area contributed by atoms with E-state index >= 15 is 0 Å². The summed E-state index contributed by atoms with van der Waals surface area (Å²) in [6, 6.07) is 14.6. The van der Waals surface area contributed by atoms with Crippen molar-refractivity contribution in [3.63, 3.8) is 0 Å². The number of nitrogens with zero attached hydrogens (tertiary/aromatic N) is 1. The summed E-state index contributed by atoms with van der Waals surface area (Å²) in [4.78, 5) is 12.0. The van der Waals surface area contributed by atoms with Crippen LogP contribution in [0.2, 0.25) is 0 Å². The second-order valence-electron chi connectivity index (χ2n) is 5.12. The molecule has 0 aliphatic heterocycles. The van der Waals surface area contributed by atoms with Crippen LogP contribution in [0.15, 0.2) is 57.9 Å². The van der Waals surface area contributed by atoms with Gasteiger partial charge in [-0.15, -0.1) is 0 Å². The van der Waals surface area contributed by atoms with Gasteiger partial charge in [0.1, 0.15) is 11.8 Å². The zero-order valence-electron chi connectivity index (χ0n) is 13.6. The number of halogens is 1. The van der Waals surface area contributed by atoms with Crippen LogP contribution in [0, 0.1) is 11.3 Å². The molecule has 2 aromatic carbocycles. The van der Waals surface area contributed by atoms with Gasteiger partial charge in [0.2, 0.25) is 15.9 Å². The van der Waals surface area contributed by atoms with Gasteiger partial charge >= 0.3 is 0 Å². The number of anilines is 1. The number of amides is 1. The van der Waals surface area contributed by atoms with E-state index in [2.05, 4.69) is 26.0 Å². The first kappa shape index (κ1) is 19.9. The Bertz CT molecular complexity index is 891. The molecule has 0 atom stereocenters. The van der Waals surface area contributed by atoms with E-state index in [1.807, 2.05) is 6.07 Å². The summed E-state index contributed by atoms with van der Waals surface area (Å²) in [5.74, 6) is 0.195. The SMILES string of the molecule is N#CCOc1ccc(NC(=O)CCNS(=O)(=O)c2ccc(Br)cc2)cc1. The van der Waals surface area contributed by atoms with E-state index in [1.54, 1.807) is 36.4 Å². The first-order chi connectivity index (χ1) is 12.4. The van der Waals surface area contributed by atoms with Crippen LogP contribution in [0.1, 0.15) is 6.42 Å². The third-order valence-corrected chi connectivity index (χ3v) is 5.22. The first-order valence-corrected chi connectivity index (χ1v) is 9.83. The molecule has 0 spiro atoms. The van der Waals surface area contributed by atoms with Crippen LogP contribution in [0.25, 0.3) is 0 Å². The number of carbonyl (C=O) groups is 1. The van der Waals surface area contributed by atoms with Gasteiger partial charge in [-0.25, -0.2) is 13.1 Å². The number of nitriles is 1. The van der Waals surface area contributed by atoms with Gasteiger partial charge in [-0.3, -0.25) is 4.79 Å². The Kier molecular flexibility index (Phi) is 7.15. The van der Waals surface area contributed by atoms with Gasteiger partial charge in [-0.1, -0.05) is 15.9 Å². The Hall–Kier alpha value is -2.41. The first-order valence-electron chi connectivity index (χ1n) is 7.55. The topological polar surface area (TPSA) is 108 Å². The second kappa shape index (κ2) is 9.33. The average molecular weight is 438 g/mol. The molecule has 136 valence electrons. The summed E-state index contributed by atoms with van der Waals surface area (Å²) in [6.07, 6.45) is -0.0115. The van der Waals surface area contributed by atoms with E-state index in [0.717, 1.165) is 4.47 Å². The molecule has 0 aromatic heterocycles. The number of hydrogen-bond donors (Lipinski definition) is 2. The third-order valence-electron chi connectivity index (χ3n) is 3.21. The minimum atomic E-state index is -3.65. The van der Waals surface area contributed by atoms with Crippen molar-refractivity contribution in [2.45, 2.75) is 11.3 Å². The molecular weight excluding hydrogens is 422 g/mol. The standard InChI is InChI=1S/C17H16BrN3O4S/c18-13-1-7-16(8-2-13)26(23,24)20-11-9-17(22)21-14-3-5-15(6-4-14)25-12-10-19/h1-8,20H,9,11-12H2,(H,21,22). The van der Waals surface area contributed by atoms with E-state index in [0.29, 0.717) is 11.4 Å². The van der Waals surface area contributed by atoms with Crippen LogP contribution in [0.5, 0.6) is 5.75 Å². The number of nitrogens with one attached hydrogen (secondary N) is 2. The molecule has 0 fully saturated rings. The zero-order valence-corrected chi connectivity index (χ0v) is 16.0. The Morgan fingerprint density at radius 3 is 2.38 bits per heavy atom. The lowest BCUT2D eigenvalue weighted by atomic mass is 10.3. The van der Waals surface area contributed by atoms with Crippen LogP contribution in [-0.4, -0.2) is 27.5 Å². The van der Waals surface area contributed by atoms with E-state index in [1.165, 1.54) is 12.1 Å². The number of carbonyl (C=O) groups excluding carboxylic acids is 1. The molecule has 0 aliphatic carbocycles. The maximum absolute atomic E-state index is 12.1. The van der Waals surface area contributed by atoms with Gasteiger partial charge in [0.25, 0.3) is 0 Å². The second-order valence-corrected chi connectivity index (χ2v) is 7.80. The molecule has 0 aliphatic rings. The number of hydrogen-bond acceptors (Lipinski definition) is 5. The van der Waals surface area contributed by atoms with Crippen LogP contribution >= 0.6 is 15.9 Å². The number of benzene rings is 2. The predicted octanol–water partition coefficient (Wildman–Crippen LogP) is 2.66. The quantitative estimate of drug-likeness (QED) is 0.659. The summed E-state index contributed by atoms with van der Waals surface area (Å²) in [7, 11) is -3.65.